The van der Waals surface area contributed by atoms with E-state index in [0.29, 0.717) is 35.2 Å². The van der Waals surface area contributed by atoms with Gasteiger partial charge in [-0.3, -0.25) is 4.79 Å². The van der Waals surface area contributed by atoms with Crippen molar-refractivity contribution < 1.29 is 9.90 Å². The topological polar surface area (TPSA) is 66.3 Å². The molecule has 2 rings (SSSR count). The zero-order valence-electron chi connectivity index (χ0n) is 12.4. The van der Waals surface area contributed by atoms with Crippen LogP contribution in [0.5, 0.6) is 0 Å². The lowest BCUT2D eigenvalue weighted by molar-refractivity contribution is 0.0245. The van der Waals surface area contributed by atoms with Crippen molar-refractivity contribution in [2.45, 2.75) is 38.3 Å². The summed E-state index contributed by atoms with van der Waals surface area (Å²) in [5.41, 5.74) is 1.28. The van der Waals surface area contributed by atoms with Crippen LogP contribution in [0.3, 0.4) is 0 Å². The summed E-state index contributed by atoms with van der Waals surface area (Å²) in [6.45, 7) is 6.75. The molecule has 1 N–H and O–H groups in total. The van der Waals surface area contributed by atoms with E-state index in [9.17, 15) is 9.90 Å². The summed E-state index contributed by atoms with van der Waals surface area (Å²) in [5, 5.41) is 10.7. The minimum Gasteiger partial charge on any atom is -0.391 e. The zero-order chi connectivity index (χ0) is 14.9. The Bertz CT molecular complexity index is 521. The second-order valence-electron chi connectivity index (χ2n) is 5.32. The molecule has 1 aromatic rings. The average molecular weight is 295 g/mol. The molecule has 6 heteroatoms. The summed E-state index contributed by atoms with van der Waals surface area (Å²) in [6, 6.07) is 0. The molecule has 1 aliphatic heterocycles. The lowest BCUT2D eigenvalue weighted by Gasteiger charge is -2.34. The first-order valence-electron chi connectivity index (χ1n) is 6.80. The van der Waals surface area contributed by atoms with Gasteiger partial charge in [-0.1, -0.05) is 6.92 Å². The van der Waals surface area contributed by atoms with Crippen molar-refractivity contribution in [1.29, 1.82) is 0 Å². The number of likely N-dealkylation sites (tertiary alicyclic amines) is 1. The van der Waals surface area contributed by atoms with Crippen molar-refractivity contribution >= 4 is 17.7 Å². The number of aromatic nitrogens is 2. The Hall–Kier alpha value is -1.14. The van der Waals surface area contributed by atoms with E-state index in [2.05, 4.69) is 9.97 Å². The van der Waals surface area contributed by atoms with Gasteiger partial charge >= 0.3 is 0 Å². The van der Waals surface area contributed by atoms with Gasteiger partial charge in [0, 0.05) is 13.1 Å². The summed E-state index contributed by atoms with van der Waals surface area (Å²) in [4.78, 5) is 23.0. The van der Waals surface area contributed by atoms with Gasteiger partial charge in [0.25, 0.3) is 5.91 Å². The van der Waals surface area contributed by atoms with Crippen LogP contribution in [0.4, 0.5) is 0 Å². The van der Waals surface area contributed by atoms with Crippen LogP contribution < -0.4 is 0 Å². The Morgan fingerprint density at radius 3 is 2.70 bits per heavy atom. The molecule has 1 aromatic heterocycles. The quantitative estimate of drug-likeness (QED) is 0.664. The van der Waals surface area contributed by atoms with E-state index in [-0.39, 0.29) is 11.8 Å². The SMILES string of the molecule is CSc1nc(C)nc(C)c1C(=O)N1CCC(C)C(O)C1. The highest BCUT2D eigenvalue weighted by Gasteiger charge is 2.30. The molecule has 110 valence electrons. The predicted molar refractivity (Wildman–Crippen MR) is 79.0 cm³/mol. The van der Waals surface area contributed by atoms with E-state index in [1.54, 1.807) is 4.90 Å². The molecule has 0 aliphatic carbocycles. The molecule has 1 fully saturated rings. The van der Waals surface area contributed by atoms with Gasteiger partial charge in [0.05, 0.1) is 17.4 Å². The van der Waals surface area contributed by atoms with Crippen LogP contribution >= 0.6 is 11.8 Å². The highest BCUT2D eigenvalue weighted by molar-refractivity contribution is 7.98. The van der Waals surface area contributed by atoms with Gasteiger partial charge in [0.2, 0.25) is 0 Å². The number of piperidine rings is 1. The van der Waals surface area contributed by atoms with Crippen molar-refractivity contribution in [2.75, 3.05) is 19.3 Å². The number of hydrogen-bond acceptors (Lipinski definition) is 5. The number of β-amino-alcohol motifs (C(OH)–C–C–N with tert-alkyl or cyclic N) is 1. The fraction of sp³-hybridized carbons (Fsp3) is 0.643. The Balaban J connectivity index is 2.30. The number of carbonyl (C=O) groups is 1. The second kappa shape index (κ2) is 6.10. The highest BCUT2D eigenvalue weighted by Crippen LogP contribution is 2.25. The second-order valence-corrected chi connectivity index (χ2v) is 6.12. The van der Waals surface area contributed by atoms with Crippen molar-refractivity contribution in [1.82, 2.24) is 14.9 Å². The Morgan fingerprint density at radius 2 is 2.10 bits per heavy atom. The number of amides is 1. The number of rotatable bonds is 2. The third-order valence-corrected chi connectivity index (χ3v) is 4.46. The zero-order valence-corrected chi connectivity index (χ0v) is 13.2. The number of hydrogen-bond donors (Lipinski definition) is 1. The first-order valence-corrected chi connectivity index (χ1v) is 8.03. The van der Waals surface area contributed by atoms with Gasteiger partial charge in [-0.25, -0.2) is 9.97 Å². The van der Waals surface area contributed by atoms with Crippen LogP contribution in [0.1, 0.15) is 35.2 Å². The van der Waals surface area contributed by atoms with Gasteiger partial charge in [-0.05, 0) is 32.4 Å². The van der Waals surface area contributed by atoms with Crippen LogP contribution in [0.15, 0.2) is 5.03 Å². The van der Waals surface area contributed by atoms with E-state index in [0.717, 1.165) is 6.42 Å². The highest BCUT2D eigenvalue weighted by atomic mass is 32.2. The first-order chi connectivity index (χ1) is 9.43. The average Bonchev–Trinajstić information content (AvgIpc) is 2.40. The number of aliphatic hydroxyl groups excluding tert-OH is 1. The molecule has 0 aromatic carbocycles. The number of nitrogens with zero attached hydrogens (tertiary/aromatic N) is 3. The molecule has 1 aliphatic rings. The van der Waals surface area contributed by atoms with Gasteiger partial charge < -0.3 is 10.0 Å². The lowest BCUT2D eigenvalue weighted by Crippen LogP contribution is -2.46. The van der Waals surface area contributed by atoms with Crippen molar-refractivity contribution in [3.63, 3.8) is 0 Å². The molecule has 2 heterocycles. The van der Waals surface area contributed by atoms with Crippen LogP contribution in [0.25, 0.3) is 0 Å². The van der Waals surface area contributed by atoms with Crippen LogP contribution in [0, 0.1) is 19.8 Å². The van der Waals surface area contributed by atoms with Crippen molar-refractivity contribution in [2.24, 2.45) is 5.92 Å². The van der Waals surface area contributed by atoms with E-state index >= 15 is 0 Å². The summed E-state index contributed by atoms with van der Waals surface area (Å²) < 4.78 is 0. The fourth-order valence-electron chi connectivity index (χ4n) is 2.47. The summed E-state index contributed by atoms with van der Waals surface area (Å²) in [5.74, 6) is 0.850. The molecular formula is C14H21N3O2S. The largest absolute Gasteiger partial charge is 0.391 e. The Kier molecular flexibility index (Phi) is 4.65. The number of thioether (sulfide) groups is 1. The molecule has 0 saturated carbocycles. The summed E-state index contributed by atoms with van der Waals surface area (Å²) >= 11 is 1.46. The van der Waals surface area contributed by atoms with Gasteiger partial charge in [0.15, 0.2) is 0 Å². The van der Waals surface area contributed by atoms with Crippen LogP contribution in [-0.4, -0.2) is 51.3 Å². The third-order valence-electron chi connectivity index (χ3n) is 3.78. The first kappa shape index (κ1) is 15.3. The molecule has 5 nitrogen and oxygen atoms in total. The normalized spacial score (nSPS) is 22.9. The Morgan fingerprint density at radius 1 is 1.40 bits per heavy atom. The summed E-state index contributed by atoms with van der Waals surface area (Å²) in [6.07, 6.45) is 2.29. The van der Waals surface area contributed by atoms with Gasteiger partial charge in [-0.15, -0.1) is 11.8 Å². The monoisotopic (exact) mass is 295 g/mol. The maximum absolute atomic E-state index is 12.7. The molecule has 2 atom stereocenters. The molecule has 20 heavy (non-hydrogen) atoms. The third kappa shape index (κ3) is 2.96. The van der Waals surface area contributed by atoms with Gasteiger partial charge in [-0.2, -0.15) is 0 Å². The maximum Gasteiger partial charge on any atom is 0.258 e. The fourth-order valence-corrected chi connectivity index (χ4v) is 3.13. The predicted octanol–water partition coefficient (Wildman–Crippen LogP) is 1.66. The summed E-state index contributed by atoms with van der Waals surface area (Å²) in [7, 11) is 0. The minimum absolute atomic E-state index is 0.0715. The van der Waals surface area contributed by atoms with Crippen molar-refractivity contribution in [3.05, 3.63) is 17.1 Å². The van der Waals surface area contributed by atoms with Crippen LogP contribution in [0.2, 0.25) is 0 Å². The van der Waals surface area contributed by atoms with Crippen LogP contribution in [-0.2, 0) is 0 Å². The molecule has 2 unspecified atom stereocenters. The molecule has 1 saturated heterocycles. The Labute approximate surface area is 123 Å². The van der Waals surface area contributed by atoms with Crippen molar-refractivity contribution in [3.8, 4) is 0 Å². The minimum atomic E-state index is -0.447. The molecule has 0 spiro atoms. The van der Waals surface area contributed by atoms with Gasteiger partial charge in [0.1, 0.15) is 10.9 Å². The lowest BCUT2D eigenvalue weighted by atomic mass is 9.95. The van der Waals surface area contributed by atoms with E-state index < -0.39 is 6.10 Å². The molecule has 0 radical (unpaired) electrons. The number of aliphatic hydroxyl groups is 1. The smallest absolute Gasteiger partial charge is 0.258 e. The van der Waals surface area contributed by atoms with E-state index in [1.807, 2.05) is 27.0 Å². The number of carbonyl (C=O) groups excluding carboxylic acids is 1. The maximum atomic E-state index is 12.7. The standard InChI is InChI=1S/C14H21N3O2S/c1-8-5-6-17(7-11(8)18)14(19)12-9(2)15-10(3)16-13(12)20-4/h8,11,18H,5-7H2,1-4H3. The van der Waals surface area contributed by atoms with E-state index in [1.165, 1.54) is 11.8 Å². The number of aryl methyl sites for hydroxylation is 2. The molecule has 1 amide bonds. The van der Waals surface area contributed by atoms with E-state index in [4.69, 9.17) is 0 Å². The molecular weight excluding hydrogens is 274 g/mol. The molecule has 0 bridgehead atoms.